The van der Waals surface area contributed by atoms with Gasteiger partial charge in [-0.25, -0.2) is 0 Å². The molecule has 0 aliphatic carbocycles. The van der Waals surface area contributed by atoms with Crippen molar-refractivity contribution in [2.75, 3.05) is 25.0 Å². The monoisotopic (exact) mass is 302 g/mol. The van der Waals surface area contributed by atoms with Crippen molar-refractivity contribution in [3.05, 3.63) is 15.9 Å². The van der Waals surface area contributed by atoms with Gasteiger partial charge >= 0.3 is 0 Å². The normalized spacial score (nSPS) is 17.4. The van der Waals surface area contributed by atoms with Gasteiger partial charge in [0.15, 0.2) is 0 Å². The van der Waals surface area contributed by atoms with E-state index >= 15 is 0 Å². The third-order valence-electron chi connectivity index (χ3n) is 2.90. The Bertz CT molecular complexity index is 374. The van der Waals surface area contributed by atoms with E-state index in [1.165, 1.54) is 0 Å². The van der Waals surface area contributed by atoms with Crippen LogP contribution in [0.1, 0.15) is 12.8 Å². The van der Waals surface area contributed by atoms with E-state index in [-0.39, 0.29) is 11.8 Å². The van der Waals surface area contributed by atoms with Gasteiger partial charge in [-0.15, -0.1) is 11.3 Å². The van der Waals surface area contributed by atoms with Crippen LogP contribution in [0.5, 0.6) is 0 Å². The van der Waals surface area contributed by atoms with E-state index in [4.69, 9.17) is 0 Å². The van der Waals surface area contributed by atoms with Gasteiger partial charge in [-0.05, 0) is 47.9 Å². The Morgan fingerprint density at radius 1 is 1.56 bits per heavy atom. The lowest BCUT2D eigenvalue weighted by atomic mass is 9.97. The van der Waals surface area contributed by atoms with Gasteiger partial charge < -0.3 is 10.2 Å². The molecule has 1 aliphatic rings. The molecule has 2 heterocycles. The van der Waals surface area contributed by atoms with Crippen LogP contribution >= 0.6 is 27.3 Å². The number of halogens is 1. The molecular weight excluding hydrogens is 288 g/mol. The number of anilines is 1. The van der Waals surface area contributed by atoms with Crippen LogP contribution in [-0.2, 0) is 4.79 Å². The largest absolute Gasteiger partial charge is 0.317 e. The van der Waals surface area contributed by atoms with Gasteiger partial charge in [-0.1, -0.05) is 0 Å². The number of amides is 1. The highest BCUT2D eigenvalue weighted by atomic mass is 79.9. The summed E-state index contributed by atoms with van der Waals surface area (Å²) in [5.41, 5.74) is 0. The van der Waals surface area contributed by atoms with Gasteiger partial charge in [0.1, 0.15) is 0 Å². The number of piperidine rings is 1. The van der Waals surface area contributed by atoms with Crippen molar-refractivity contribution >= 4 is 38.2 Å². The minimum atomic E-state index is 0.187. The maximum Gasteiger partial charge on any atom is 0.230 e. The fourth-order valence-corrected chi connectivity index (χ4v) is 3.32. The molecule has 0 spiro atoms. The Morgan fingerprint density at radius 3 is 2.81 bits per heavy atom. The van der Waals surface area contributed by atoms with E-state index in [1.807, 2.05) is 18.5 Å². The number of carbonyl (C=O) groups excluding carboxylic acids is 1. The fraction of sp³-hybridized carbons (Fsp3) is 0.545. The lowest BCUT2D eigenvalue weighted by Gasteiger charge is -2.26. The fourth-order valence-electron chi connectivity index (χ4n) is 1.93. The highest BCUT2D eigenvalue weighted by molar-refractivity contribution is 9.10. The topological polar surface area (TPSA) is 32.3 Å². The van der Waals surface area contributed by atoms with Crippen molar-refractivity contribution in [1.82, 2.24) is 5.32 Å². The summed E-state index contributed by atoms with van der Waals surface area (Å²) >= 11 is 5.00. The molecular formula is C11H15BrN2OS. The molecule has 0 bridgehead atoms. The molecule has 1 amide bonds. The average molecular weight is 303 g/mol. The minimum Gasteiger partial charge on any atom is -0.317 e. The van der Waals surface area contributed by atoms with Gasteiger partial charge in [0.25, 0.3) is 0 Å². The number of hydrogen-bond donors (Lipinski definition) is 1. The molecule has 0 aromatic carbocycles. The summed E-state index contributed by atoms with van der Waals surface area (Å²) in [6, 6.07) is 1.99. The van der Waals surface area contributed by atoms with Crippen LogP contribution in [0.3, 0.4) is 0 Å². The molecule has 0 atom stereocenters. The summed E-state index contributed by atoms with van der Waals surface area (Å²) in [6.45, 7) is 1.91. The molecule has 5 heteroatoms. The molecule has 0 unspecified atom stereocenters. The standard InChI is InChI=1S/C11H15BrN2OS/c1-14(10-6-9(12)7-16-10)11(15)8-2-4-13-5-3-8/h6-8,13H,2-5H2,1H3. The number of thiophene rings is 1. The van der Waals surface area contributed by atoms with Crippen LogP contribution in [0, 0.1) is 5.92 Å². The summed E-state index contributed by atoms with van der Waals surface area (Å²) in [6.07, 6.45) is 1.91. The van der Waals surface area contributed by atoms with Gasteiger partial charge in [0.05, 0.1) is 5.00 Å². The molecule has 88 valence electrons. The van der Waals surface area contributed by atoms with E-state index in [0.29, 0.717) is 0 Å². The molecule has 0 radical (unpaired) electrons. The average Bonchev–Trinajstić information content (AvgIpc) is 2.75. The second-order valence-corrected chi connectivity index (χ2v) is 5.83. The van der Waals surface area contributed by atoms with Crippen LogP contribution in [-0.4, -0.2) is 26.0 Å². The zero-order valence-electron chi connectivity index (χ0n) is 9.20. The SMILES string of the molecule is CN(C(=O)C1CCNCC1)c1cc(Br)cs1. The number of hydrogen-bond acceptors (Lipinski definition) is 3. The molecule has 0 saturated carbocycles. The van der Waals surface area contributed by atoms with E-state index in [9.17, 15) is 4.79 Å². The van der Waals surface area contributed by atoms with E-state index < -0.39 is 0 Å². The third-order valence-corrected chi connectivity index (χ3v) is 4.67. The van der Waals surface area contributed by atoms with Crippen LogP contribution < -0.4 is 10.2 Å². The van der Waals surface area contributed by atoms with Crippen molar-refractivity contribution in [3.8, 4) is 0 Å². The van der Waals surface area contributed by atoms with Gasteiger partial charge in [0.2, 0.25) is 5.91 Å². The van der Waals surface area contributed by atoms with E-state index in [2.05, 4.69) is 21.2 Å². The summed E-state index contributed by atoms with van der Waals surface area (Å²) in [5, 5.41) is 6.29. The predicted molar refractivity (Wildman–Crippen MR) is 71.0 cm³/mol. The maximum atomic E-state index is 12.2. The number of rotatable bonds is 2. The second-order valence-electron chi connectivity index (χ2n) is 4.02. The Balaban J connectivity index is 2.03. The molecule has 16 heavy (non-hydrogen) atoms. The molecule has 2 rings (SSSR count). The number of carbonyl (C=O) groups is 1. The quantitative estimate of drug-likeness (QED) is 0.910. The molecule has 3 nitrogen and oxygen atoms in total. The Morgan fingerprint density at radius 2 is 2.25 bits per heavy atom. The molecule has 1 N–H and O–H groups in total. The predicted octanol–water partition coefficient (Wildman–Crippen LogP) is 2.47. The van der Waals surface area contributed by atoms with Crippen LogP contribution in [0.15, 0.2) is 15.9 Å². The van der Waals surface area contributed by atoms with Crippen LogP contribution in [0.25, 0.3) is 0 Å². The summed E-state index contributed by atoms with van der Waals surface area (Å²) in [5.74, 6) is 0.433. The summed E-state index contributed by atoms with van der Waals surface area (Å²) in [7, 11) is 1.86. The van der Waals surface area contributed by atoms with Gasteiger partial charge in [0, 0.05) is 22.8 Å². The Kier molecular flexibility index (Phi) is 4.00. The van der Waals surface area contributed by atoms with Crippen molar-refractivity contribution in [1.29, 1.82) is 0 Å². The highest BCUT2D eigenvalue weighted by Gasteiger charge is 2.25. The molecule has 1 aromatic heterocycles. The number of nitrogens with one attached hydrogen (secondary N) is 1. The lowest BCUT2D eigenvalue weighted by molar-refractivity contribution is -0.122. The Labute approximate surface area is 108 Å². The van der Waals surface area contributed by atoms with Crippen molar-refractivity contribution < 1.29 is 4.79 Å². The van der Waals surface area contributed by atoms with Crippen molar-refractivity contribution in [2.45, 2.75) is 12.8 Å². The zero-order valence-corrected chi connectivity index (χ0v) is 11.6. The van der Waals surface area contributed by atoms with Gasteiger partial charge in [-0.3, -0.25) is 4.79 Å². The summed E-state index contributed by atoms with van der Waals surface area (Å²) in [4.78, 5) is 14.0. The zero-order chi connectivity index (χ0) is 11.5. The van der Waals surface area contributed by atoms with Gasteiger partial charge in [-0.2, -0.15) is 0 Å². The first-order chi connectivity index (χ1) is 7.68. The Hall–Kier alpha value is -0.390. The smallest absolute Gasteiger partial charge is 0.230 e. The number of nitrogens with zero attached hydrogens (tertiary/aromatic N) is 1. The summed E-state index contributed by atoms with van der Waals surface area (Å²) < 4.78 is 1.04. The molecule has 1 aromatic rings. The highest BCUT2D eigenvalue weighted by Crippen LogP contribution is 2.29. The first-order valence-corrected chi connectivity index (χ1v) is 7.08. The maximum absolute atomic E-state index is 12.2. The van der Waals surface area contributed by atoms with Crippen LogP contribution in [0.4, 0.5) is 5.00 Å². The molecule has 1 saturated heterocycles. The lowest BCUT2D eigenvalue weighted by Crippen LogP contribution is -2.39. The minimum absolute atomic E-state index is 0.187. The third kappa shape index (κ3) is 2.64. The van der Waals surface area contributed by atoms with Crippen LogP contribution in [0.2, 0.25) is 0 Å². The first-order valence-electron chi connectivity index (χ1n) is 5.41. The van der Waals surface area contributed by atoms with E-state index in [1.54, 1.807) is 16.2 Å². The molecule has 1 aliphatic heterocycles. The first kappa shape index (κ1) is 12.1. The van der Waals surface area contributed by atoms with Crippen molar-refractivity contribution in [3.63, 3.8) is 0 Å². The second kappa shape index (κ2) is 5.29. The van der Waals surface area contributed by atoms with Crippen molar-refractivity contribution in [2.24, 2.45) is 5.92 Å². The van der Waals surface area contributed by atoms with E-state index in [0.717, 1.165) is 35.4 Å². The molecule has 1 fully saturated rings.